The lowest BCUT2D eigenvalue weighted by molar-refractivity contribution is -0.123. The maximum Gasteiger partial charge on any atom is 0.229 e. The first-order chi connectivity index (χ1) is 15.9. The number of nitrogens with one attached hydrogen (secondary N) is 1. The number of piperazine rings is 1. The van der Waals surface area contributed by atoms with Crippen LogP contribution in [0, 0.1) is 23.2 Å². The number of ether oxygens (including phenoxy) is 1. The zero-order valence-corrected chi connectivity index (χ0v) is 19.4. The summed E-state index contributed by atoms with van der Waals surface area (Å²) in [6.07, 6.45) is 2.76. The molecule has 2 saturated heterocycles. The van der Waals surface area contributed by atoms with Crippen molar-refractivity contribution in [2.75, 3.05) is 49.6 Å². The van der Waals surface area contributed by atoms with Gasteiger partial charge in [0.05, 0.1) is 53.5 Å². The van der Waals surface area contributed by atoms with Crippen molar-refractivity contribution >= 4 is 39.8 Å². The summed E-state index contributed by atoms with van der Waals surface area (Å²) in [6.45, 7) is 6.20. The van der Waals surface area contributed by atoms with Crippen LogP contribution in [0.5, 0.6) is 0 Å². The van der Waals surface area contributed by atoms with E-state index >= 15 is 0 Å². The van der Waals surface area contributed by atoms with E-state index in [1.807, 2.05) is 18.2 Å². The molecule has 4 atom stereocenters. The van der Waals surface area contributed by atoms with Gasteiger partial charge in [0.15, 0.2) is 0 Å². The molecule has 2 aliphatic heterocycles. The van der Waals surface area contributed by atoms with Gasteiger partial charge >= 0.3 is 0 Å². The van der Waals surface area contributed by atoms with Gasteiger partial charge in [0.2, 0.25) is 5.91 Å². The number of nitriles is 1. The summed E-state index contributed by atoms with van der Waals surface area (Å²) in [5.41, 5.74) is 0.604. The third kappa shape index (κ3) is 4.04. The van der Waals surface area contributed by atoms with E-state index in [1.165, 1.54) is 0 Å². The van der Waals surface area contributed by atoms with Crippen LogP contribution in [0.4, 0.5) is 11.5 Å². The minimum absolute atomic E-state index is 0.142. The van der Waals surface area contributed by atoms with Crippen LogP contribution in [0.3, 0.4) is 0 Å². The van der Waals surface area contributed by atoms with Gasteiger partial charge in [-0.1, -0.05) is 11.6 Å². The summed E-state index contributed by atoms with van der Waals surface area (Å²) in [4.78, 5) is 21.4. The number of aliphatic hydroxyl groups excluding tert-OH is 1. The van der Waals surface area contributed by atoms with Crippen molar-refractivity contribution in [3.63, 3.8) is 0 Å². The normalized spacial score (nSPS) is 30.1. The number of hydrogen-bond donors (Lipinski definition) is 2. The second-order valence-corrected chi connectivity index (χ2v) is 9.90. The highest BCUT2D eigenvalue weighted by molar-refractivity contribution is 6.34. The molecule has 3 fully saturated rings. The Morgan fingerprint density at radius 1 is 1.27 bits per heavy atom. The highest BCUT2D eigenvalue weighted by atomic mass is 35.5. The minimum atomic E-state index is -0.474. The van der Waals surface area contributed by atoms with Gasteiger partial charge in [-0.2, -0.15) is 5.26 Å². The standard InChI is InChI=1S/C24H28ClN5O3/c1-24(14-33-13-21(24)31)30-6-4-29(5-7-30)20-9-16-10-22(27-12-17(16)8-19(20)25)28-23(32)18-3-2-15(18)11-26/h8-10,12,15,18,21,31H,2-7,13-14H2,1H3,(H,27,28,32)/t15-,18+,21+,24-/m1/s1. The number of hydrogen-bond acceptors (Lipinski definition) is 7. The van der Waals surface area contributed by atoms with E-state index in [4.69, 9.17) is 21.6 Å². The molecular formula is C24H28ClN5O3. The molecule has 8 nitrogen and oxygen atoms in total. The number of aromatic nitrogens is 1. The Labute approximate surface area is 198 Å². The molecule has 9 heteroatoms. The summed E-state index contributed by atoms with van der Waals surface area (Å²) in [5, 5.41) is 24.9. The smallest absolute Gasteiger partial charge is 0.229 e. The lowest BCUT2D eigenvalue weighted by Gasteiger charge is -2.45. The highest BCUT2D eigenvalue weighted by Crippen LogP contribution is 2.36. The molecule has 2 aromatic rings. The van der Waals surface area contributed by atoms with Crippen molar-refractivity contribution in [3.05, 3.63) is 29.4 Å². The summed E-state index contributed by atoms with van der Waals surface area (Å²) in [7, 11) is 0. The van der Waals surface area contributed by atoms with Gasteiger partial charge in [-0.05, 0) is 43.4 Å². The summed E-state index contributed by atoms with van der Waals surface area (Å²) < 4.78 is 5.50. The zero-order valence-electron chi connectivity index (χ0n) is 18.6. The lowest BCUT2D eigenvalue weighted by Crippen LogP contribution is -2.60. The SMILES string of the molecule is C[C@@]1(N2CCN(c3cc4cc(NC(=O)[C@H]5CC[C@@H]5C#N)ncc4cc3Cl)CC2)COC[C@@H]1O. The van der Waals surface area contributed by atoms with Crippen LogP contribution >= 0.6 is 11.6 Å². The monoisotopic (exact) mass is 469 g/mol. The molecular weight excluding hydrogens is 442 g/mol. The third-order valence-corrected chi connectivity index (χ3v) is 7.85. The first-order valence-electron chi connectivity index (χ1n) is 11.4. The molecule has 0 radical (unpaired) electrons. The third-order valence-electron chi connectivity index (χ3n) is 7.55. The van der Waals surface area contributed by atoms with Gasteiger partial charge in [-0.3, -0.25) is 9.69 Å². The average molecular weight is 470 g/mol. The number of fused-ring (bicyclic) bond motifs is 1. The van der Waals surface area contributed by atoms with E-state index in [2.05, 4.69) is 33.1 Å². The number of anilines is 2. The van der Waals surface area contributed by atoms with Crippen LogP contribution in [-0.4, -0.2) is 71.9 Å². The topological polar surface area (TPSA) is 102 Å². The van der Waals surface area contributed by atoms with E-state index < -0.39 is 6.10 Å². The maximum absolute atomic E-state index is 12.5. The number of nitrogens with zero attached hydrogens (tertiary/aromatic N) is 4. The molecule has 1 aliphatic carbocycles. The number of rotatable bonds is 4. The molecule has 174 valence electrons. The fourth-order valence-corrected chi connectivity index (χ4v) is 5.36. The molecule has 5 rings (SSSR count). The number of amides is 1. The molecule has 1 aromatic carbocycles. The largest absolute Gasteiger partial charge is 0.389 e. The quantitative estimate of drug-likeness (QED) is 0.709. The fourth-order valence-electron chi connectivity index (χ4n) is 5.06. The molecule has 0 spiro atoms. The Balaban J connectivity index is 1.31. The van der Waals surface area contributed by atoms with E-state index in [9.17, 15) is 9.90 Å². The summed E-state index contributed by atoms with van der Waals surface area (Å²) in [5.74, 6) is -0.113. The molecule has 1 saturated carbocycles. The highest BCUT2D eigenvalue weighted by Gasteiger charge is 2.44. The van der Waals surface area contributed by atoms with Gasteiger partial charge in [-0.25, -0.2) is 4.98 Å². The Hall–Kier alpha value is -2.44. The van der Waals surface area contributed by atoms with Gasteiger partial charge in [0, 0.05) is 37.8 Å². The van der Waals surface area contributed by atoms with E-state index in [0.717, 1.165) is 55.5 Å². The number of carbonyl (C=O) groups excluding carboxylic acids is 1. The average Bonchev–Trinajstić information content (AvgIpc) is 3.12. The molecule has 1 amide bonds. The number of carbonyl (C=O) groups is 1. The Morgan fingerprint density at radius 2 is 2.06 bits per heavy atom. The predicted molar refractivity (Wildman–Crippen MR) is 126 cm³/mol. The van der Waals surface area contributed by atoms with Gasteiger partial charge in [-0.15, -0.1) is 0 Å². The second kappa shape index (κ2) is 8.73. The van der Waals surface area contributed by atoms with E-state index in [1.54, 1.807) is 6.20 Å². The second-order valence-electron chi connectivity index (χ2n) is 9.49. The molecule has 3 aliphatic rings. The van der Waals surface area contributed by atoms with Crippen molar-refractivity contribution in [2.24, 2.45) is 11.8 Å². The van der Waals surface area contributed by atoms with E-state index in [-0.39, 0.29) is 23.3 Å². The van der Waals surface area contributed by atoms with Crippen molar-refractivity contribution in [2.45, 2.75) is 31.4 Å². The minimum Gasteiger partial charge on any atom is -0.389 e. The summed E-state index contributed by atoms with van der Waals surface area (Å²) >= 11 is 6.63. The first kappa shape index (κ1) is 22.4. The van der Waals surface area contributed by atoms with Crippen LogP contribution < -0.4 is 10.2 Å². The van der Waals surface area contributed by atoms with Crippen LogP contribution in [0.15, 0.2) is 24.4 Å². The van der Waals surface area contributed by atoms with Gasteiger partial charge < -0.3 is 20.1 Å². The zero-order chi connectivity index (χ0) is 23.2. The summed E-state index contributed by atoms with van der Waals surface area (Å²) in [6, 6.07) is 8.01. The first-order valence-corrected chi connectivity index (χ1v) is 11.8. The van der Waals surface area contributed by atoms with Crippen LogP contribution in [0.25, 0.3) is 10.8 Å². The Morgan fingerprint density at radius 3 is 2.70 bits per heavy atom. The van der Waals surface area contributed by atoms with Gasteiger partial charge in [0.25, 0.3) is 0 Å². The van der Waals surface area contributed by atoms with Crippen LogP contribution in [0.1, 0.15) is 19.8 Å². The van der Waals surface area contributed by atoms with Crippen molar-refractivity contribution in [1.29, 1.82) is 5.26 Å². The Bertz CT molecular complexity index is 1110. The fraction of sp³-hybridized carbons (Fsp3) is 0.542. The molecule has 1 aromatic heterocycles. The molecule has 3 heterocycles. The predicted octanol–water partition coefficient (Wildman–Crippen LogP) is 2.65. The molecule has 33 heavy (non-hydrogen) atoms. The van der Waals surface area contributed by atoms with Gasteiger partial charge in [0.1, 0.15) is 5.82 Å². The molecule has 0 bridgehead atoms. The van der Waals surface area contributed by atoms with Crippen LogP contribution in [0.2, 0.25) is 5.02 Å². The van der Waals surface area contributed by atoms with Crippen molar-refractivity contribution in [3.8, 4) is 6.07 Å². The van der Waals surface area contributed by atoms with Crippen molar-refractivity contribution in [1.82, 2.24) is 9.88 Å². The number of halogens is 1. The van der Waals surface area contributed by atoms with E-state index in [0.29, 0.717) is 24.1 Å². The maximum atomic E-state index is 12.5. The van der Waals surface area contributed by atoms with Crippen molar-refractivity contribution < 1.29 is 14.6 Å². The number of benzene rings is 1. The molecule has 2 N–H and O–H groups in total. The number of pyridine rings is 1. The van der Waals surface area contributed by atoms with Crippen LogP contribution in [-0.2, 0) is 9.53 Å². The lowest BCUT2D eigenvalue weighted by atomic mass is 9.74. The number of aliphatic hydroxyl groups is 1. The molecule has 0 unspecified atom stereocenters. The Kier molecular flexibility index (Phi) is 5.91.